The van der Waals surface area contributed by atoms with Gasteiger partial charge in [0.05, 0.1) is 10.2 Å². The van der Waals surface area contributed by atoms with Crippen LogP contribution in [0.2, 0.25) is 0 Å². The summed E-state index contributed by atoms with van der Waals surface area (Å²) in [4.78, 5) is 4.46. The van der Waals surface area contributed by atoms with Crippen LogP contribution in [-0.4, -0.2) is 4.98 Å². The third kappa shape index (κ3) is 1.48. The molecule has 0 radical (unpaired) electrons. The molecule has 0 unspecified atom stereocenters. The maximum atomic E-state index is 4.46. The Morgan fingerprint density at radius 1 is 1.33 bits per heavy atom. The second-order valence-electron chi connectivity index (χ2n) is 2.46. The van der Waals surface area contributed by atoms with Crippen LogP contribution < -0.4 is 0 Å². The van der Waals surface area contributed by atoms with Crippen molar-refractivity contribution >= 4 is 21.6 Å². The highest BCUT2D eigenvalue weighted by molar-refractivity contribution is 7.17. The first-order valence-corrected chi connectivity index (χ1v) is 4.61. The Morgan fingerprint density at radius 3 is 2.92 bits per heavy atom. The van der Waals surface area contributed by atoms with Crippen LogP contribution in [0, 0.1) is 0 Å². The molecule has 0 atom stereocenters. The van der Waals surface area contributed by atoms with E-state index in [1.165, 1.54) is 10.4 Å². The van der Waals surface area contributed by atoms with Crippen LogP contribution in [-0.2, 0) is 6.42 Å². The maximum absolute atomic E-state index is 4.46. The molecule has 0 aromatic carbocycles. The van der Waals surface area contributed by atoms with Crippen molar-refractivity contribution in [3.05, 3.63) is 29.3 Å². The minimum atomic E-state index is 0. The SMILES string of the molecule is C.CCc1ccc2sccc2n1. The molecule has 1 nitrogen and oxygen atoms in total. The van der Waals surface area contributed by atoms with E-state index in [1.54, 1.807) is 11.3 Å². The van der Waals surface area contributed by atoms with Gasteiger partial charge < -0.3 is 0 Å². The Labute approximate surface area is 77.1 Å². The molecule has 0 amide bonds. The van der Waals surface area contributed by atoms with Crippen LogP contribution in [0.5, 0.6) is 0 Å². The van der Waals surface area contributed by atoms with Crippen molar-refractivity contribution in [2.24, 2.45) is 0 Å². The summed E-state index contributed by atoms with van der Waals surface area (Å²) in [6.45, 7) is 2.13. The number of thiophene rings is 1. The quantitative estimate of drug-likeness (QED) is 0.653. The van der Waals surface area contributed by atoms with Gasteiger partial charge in [-0.3, -0.25) is 4.98 Å². The zero-order valence-electron chi connectivity index (χ0n) is 6.37. The first-order valence-electron chi connectivity index (χ1n) is 3.73. The third-order valence-corrected chi connectivity index (χ3v) is 2.60. The van der Waals surface area contributed by atoms with Crippen LogP contribution in [0.3, 0.4) is 0 Å². The molecular weight excluding hydrogens is 166 g/mol. The van der Waals surface area contributed by atoms with Crippen LogP contribution in [0.1, 0.15) is 20.0 Å². The van der Waals surface area contributed by atoms with Gasteiger partial charge in [0.2, 0.25) is 0 Å². The molecule has 2 rings (SSSR count). The Hall–Kier alpha value is -0.890. The molecule has 2 heterocycles. The lowest BCUT2D eigenvalue weighted by Gasteiger charge is -1.93. The van der Waals surface area contributed by atoms with Gasteiger partial charge in [0.25, 0.3) is 0 Å². The van der Waals surface area contributed by atoms with E-state index < -0.39 is 0 Å². The average Bonchev–Trinajstić information content (AvgIpc) is 2.50. The van der Waals surface area contributed by atoms with Crippen LogP contribution in [0.15, 0.2) is 23.6 Å². The van der Waals surface area contributed by atoms with Gasteiger partial charge in [0, 0.05) is 5.69 Å². The summed E-state index contributed by atoms with van der Waals surface area (Å²) < 4.78 is 1.28. The molecule has 0 fully saturated rings. The van der Waals surface area contributed by atoms with Crippen molar-refractivity contribution < 1.29 is 0 Å². The van der Waals surface area contributed by atoms with Gasteiger partial charge in [-0.05, 0) is 30.0 Å². The summed E-state index contributed by atoms with van der Waals surface area (Å²) in [5, 5.41) is 2.08. The smallest absolute Gasteiger partial charge is 0.0812 e. The van der Waals surface area contributed by atoms with E-state index in [0.29, 0.717) is 0 Å². The minimum Gasteiger partial charge on any atom is -0.252 e. The molecule has 2 heteroatoms. The molecule has 0 spiro atoms. The number of fused-ring (bicyclic) bond motifs is 1. The molecular formula is C10H13NS. The molecule has 0 aliphatic heterocycles. The van der Waals surface area contributed by atoms with Gasteiger partial charge in [-0.25, -0.2) is 0 Å². The molecule has 0 aliphatic rings. The summed E-state index contributed by atoms with van der Waals surface area (Å²) >= 11 is 1.74. The van der Waals surface area contributed by atoms with Gasteiger partial charge >= 0.3 is 0 Å². The fraction of sp³-hybridized carbons (Fsp3) is 0.300. The van der Waals surface area contributed by atoms with Gasteiger partial charge in [-0.1, -0.05) is 14.4 Å². The highest BCUT2D eigenvalue weighted by Crippen LogP contribution is 2.18. The molecule has 2 aromatic heterocycles. The molecule has 0 bridgehead atoms. The highest BCUT2D eigenvalue weighted by atomic mass is 32.1. The van der Waals surface area contributed by atoms with Crippen LogP contribution in [0.25, 0.3) is 10.2 Å². The first-order chi connectivity index (χ1) is 5.40. The van der Waals surface area contributed by atoms with Gasteiger partial charge in [0.15, 0.2) is 0 Å². The number of aromatic nitrogens is 1. The fourth-order valence-corrected chi connectivity index (χ4v) is 1.82. The largest absolute Gasteiger partial charge is 0.252 e. The van der Waals surface area contributed by atoms with Crippen molar-refractivity contribution in [3.8, 4) is 0 Å². The summed E-state index contributed by atoms with van der Waals surface area (Å²) in [5.41, 5.74) is 2.31. The maximum Gasteiger partial charge on any atom is 0.0812 e. The van der Waals surface area contributed by atoms with Crippen molar-refractivity contribution in [2.75, 3.05) is 0 Å². The number of hydrogen-bond acceptors (Lipinski definition) is 2. The monoisotopic (exact) mass is 179 g/mol. The topological polar surface area (TPSA) is 12.9 Å². The second kappa shape index (κ2) is 3.68. The van der Waals surface area contributed by atoms with Crippen molar-refractivity contribution in [1.29, 1.82) is 0 Å². The zero-order valence-corrected chi connectivity index (χ0v) is 7.19. The van der Waals surface area contributed by atoms with Crippen molar-refractivity contribution in [2.45, 2.75) is 20.8 Å². The van der Waals surface area contributed by atoms with E-state index in [9.17, 15) is 0 Å². The van der Waals surface area contributed by atoms with Crippen LogP contribution in [0.4, 0.5) is 0 Å². The number of rotatable bonds is 1. The Bertz CT molecular complexity index is 365. The van der Waals surface area contributed by atoms with Crippen LogP contribution >= 0.6 is 11.3 Å². The Kier molecular flexibility index (Phi) is 2.82. The number of hydrogen-bond donors (Lipinski definition) is 0. The predicted molar refractivity (Wildman–Crippen MR) is 55.7 cm³/mol. The molecule has 12 heavy (non-hydrogen) atoms. The summed E-state index contributed by atoms with van der Waals surface area (Å²) in [6, 6.07) is 6.31. The fourth-order valence-electron chi connectivity index (χ4n) is 1.09. The van der Waals surface area contributed by atoms with E-state index in [2.05, 4.69) is 35.5 Å². The van der Waals surface area contributed by atoms with Gasteiger partial charge in [0.1, 0.15) is 0 Å². The highest BCUT2D eigenvalue weighted by Gasteiger charge is 1.95. The lowest BCUT2D eigenvalue weighted by molar-refractivity contribution is 1.06. The molecule has 64 valence electrons. The van der Waals surface area contributed by atoms with E-state index in [-0.39, 0.29) is 7.43 Å². The van der Waals surface area contributed by atoms with E-state index in [1.807, 2.05) is 0 Å². The summed E-state index contributed by atoms with van der Waals surface area (Å²) in [7, 11) is 0. The summed E-state index contributed by atoms with van der Waals surface area (Å²) in [6.07, 6.45) is 1.02. The van der Waals surface area contributed by atoms with E-state index in [0.717, 1.165) is 11.9 Å². The van der Waals surface area contributed by atoms with Gasteiger partial charge in [-0.2, -0.15) is 0 Å². The molecule has 0 N–H and O–H groups in total. The lowest BCUT2D eigenvalue weighted by atomic mass is 10.3. The number of aryl methyl sites for hydroxylation is 1. The molecule has 0 saturated heterocycles. The Morgan fingerprint density at radius 2 is 2.17 bits per heavy atom. The number of nitrogens with zero attached hydrogens (tertiary/aromatic N) is 1. The molecule has 0 saturated carbocycles. The Balaban J connectivity index is 0.000000720. The third-order valence-electron chi connectivity index (χ3n) is 1.73. The predicted octanol–water partition coefficient (Wildman–Crippen LogP) is 3.49. The van der Waals surface area contributed by atoms with Crippen molar-refractivity contribution in [1.82, 2.24) is 4.98 Å². The van der Waals surface area contributed by atoms with E-state index >= 15 is 0 Å². The van der Waals surface area contributed by atoms with Gasteiger partial charge in [-0.15, -0.1) is 11.3 Å². The second-order valence-corrected chi connectivity index (χ2v) is 3.41. The summed E-state index contributed by atoms with van der Waals surface area (Å²) in [5.74, 6) is 0. The first kappa shape index (κ1) is 9.20. The normalized spacial score (nSPS) is 9.75. The van der Waals surface area contributed by atoms with E-state index in [4.69, 9.17) is 0 Å². The molecule has 2 aromatic rings. The zero-order chi connectivity index (χ0) is 7.68. The average molecular weight is 179 g/mol. The number of pyridine rings is 1. The lowest BCUT2D eigenvalue weighted by Crippen LogP contribution is -1.83. The standard InChI is InChI=1S/C9H9NS.CH4/c1-2-7-3-4-9-8(10-7)5-6-11-9;/h3-6H,2H2,1H3;1H4. The van der Waals surface area contributed by atoms with Crippen molar-refractivity contribution in [3.63, 3.8) is 0 Å². The molecule has 0 aliphatic carbocycles. The minimum absolute atomic E-state index is 0.